The molecule has 22 heavy (non-hydrogen) atoms. The highest BCUT2D eigenvalue weighted by Gasteiger charge is 2.27. The number of esters is 1. The second-order valence-electron chi connectivity index (χ2n) is 4.62. The summed E-state index contributed by atoms with van der Waals surface area (Å²) in [5.41, 5.74) is 0.611. The molecule has 0 radical (unpaired) electrons. The predicted molar refractivity (Wildman–Crippen MR) is 76.3 cm³/mol. The van der Waals surface area contributed by atoms with Gasteiger partial charge in [0.25, 0.3) is 0 Å². The highest BCUT2D eigenvalue weighted by atomic mass is 16.8. The molecular formula is C14H20N2O6. The Hall–Kier alpha value is -2.16. The fourth-order valence-corrected chi connectivity index (χ4v) is 1.88. The Labute approximate surface area is 127 Å². The van der Waals surface area contributed by atoms with Crippen molar-refractivity contribution in [1.82, 2.24) is 5.32 Å². The number of benzene rings is 1. The summed E-state index contributed by atoms with van der Waals surface area (Å²) in [6.07, 6.45) is -0.662. The van der Waals surface area contributed by atoms with Gasteiger partial charge in [-0.2, -0.15) is 0 Å². The van der Waals surface area contributed by atoms with Crippen molar-refractivity contribution in [3.8, 4) is 0 Å². The average Bonchev–Trinajstić information content (AvgIpc) is 2.50. The van der Waals surface area contributed by atoms with E-state index in [-0.39, 0.29) is 23.2 Å². The van der Waals surface area contributed by atoms with Crippen LogP contribution >= 0.6 is 0 Å². The number of anilines is 1. The van der Waals surface area contributed by atoms with Gasteiger partial charge in [0.1, 0.15) is 6.10 Å². The van der Waals surface area contributed by atoms with Gasteiger partial charge in [-0.15, -0.1) is 5.23 Å². The Bertz CT molecular complexity index is 503. The first-order valence-corrected chi connectivity index (χ1v) is 6.74. The number of ether oxygens (including phenoxy) is 1. The maximum Gasteiger partial charge on any atom is 0.303 e. The maximum absolute atomic E-state index is 11.5. The molecule has 0 aliphatic rings. The molecule has 0 heterocycles. The van der Waals surface area contributed by atoms with E-state index in [1.807, 2.05) is 0 Å². The Kier molecular flexibility index (Phi) is 6.77. The van der Waals surface area contributed by atoms with Gasteiger partial charge in [-0.25, -0.2) is 0 Å². The standard InChI is InChI=1S/C14H20N2O6/c1-3-13(19)15-12(8-17)14(22-9(2)18)10-4-6-11(7-5-10)16(20)21/h4-7,12,14,17,20-21H,3,8H2,1-2H3,(H,15,19). The molecular weight excluding hydrogens is 292 g/mol. The van der Waals surface area contributed by atoms with Gasteiger partial charge in [0.2, 0.25) is 5.91 Å². The van der Waals surface area contributed by atoms with Crippen LogP contribution in [0.3, 0.4) is 0 Å². The van der Waals surface area contributed by atoms with E-state index in [9.17, 15) is 14.7 Å². The number of nitrogens with one attached hydrogen (secondary N) is 1. The highest BCUT2D eigenvalue weighted by Crippen LogP contribution is 2.24. The monoisotopic (exact) mass is 312 g/mol. The lowest BCUT2D eigenvalue weighted by Gasteiger charge is -2.26. The Morgan fingerprint density at radius 1 is 1.27 bits per heavy atom. The predicted octanol–water partition coefficient (Wildman–Crippen LogP) is 0.763. The third-order valence-corrected chi connectivity index (χ3v) is 2.98. The summed E-state index contributed by atoms with van der Waals surface area (Å²) < 4.78 is 5.18. The van der Waals surface area contributed by atoms with Gasteiger partial charge in [0, 0.05) is 13.3 Å². The number of carbonyl (C=O) groups excluding carboxylic acids is 2. The molecule has 0 saturated carbocycles. The van der Waals surface area contributed by atoms with Crippen LogP contribution in [0.25, 0.3) is 0 Å². The second-order valence-corrected chi connectivity index (χ2v) is 4.62. The number of carbonyl (C=O) groups is 2. The molecule has 8 heteroatoms. The van der Waals surface area contributed by atoms with E-state index in [2.05, 4.69) is 5.32 Å². The largest absolute Gasteiger partial charge is 0.455 e. The van der Waals surface area contributed by atoms with Crippen molar-refractivity contribution in [1.29, 1.82) is 0 Å². The third-order valence-electron chi connectivity index (χ3n) is 2.98. The number of aliphatic hydroxyl groups excluding tert-OH is 1. The summed E-state index contributed by atoms with van der Waals surface area (Å²) in [5, 5.41) is 29.8. The minimum absolute atomic E-state index is 0.0486. The van der Waals surface area contributed by atoms with E-state index in [1.54, 1.807) is 6.92 Å². The van der Waals surface area contributed by atoms with Gasteiger partial charge in [-0.05, 0) is 17.7 Å². The van der Waals surface area contributed by atoms with Crippen LogP contribution in [0.15, 0.2) is 24.3 Å². The highest BCUT2D eigenvalue weighted by molar-refractivity contribution is 5.76. The molecule has 4 N–H and O–H groups in total. The van der Waals surface area contributed by atoms with Crippen LogP contribution in [-0.4, -0.2) is 40.0 Å². The first kappa shape index (κ1) is 17.9. The zero-order valence-electron chi connectivity index (χ0n) is 12.4. The second kappa shape index (κ2) is 8.32. The average molecular weight is 312 g/mol. The smallest absolute Gasteiger partial charge is 0.303 e. The van der Waals surface area contributed by atoms with Gasteiger partial charge in [-0.3, -0.25) is 20.0 Å². The molecule has 2 unspecified atom stereocenters. The number of hydrogen-bond donors (Lipinski definition) is 4. The van der Waals surface area contributed by atoms with Gasteiger partial charge < -0.3 is 15.2 Å². The zero-order valence-corrected chi connectivity index (χ0v) is 12.4. The minimum atomic E-state index is -0.891. The van der Waals surface area contributed by atoms with Crippen LogP contribution in [0, 0.1) is 0 Å². The van der Waals surface area contributed by atoms with Crippen LogP contribution in [-0.2, 0) is 14.3 Å². The van der Waals surface area contributed by atoms with E-state index in [4.69, 9.17) is 15.2 Å². The van der Waals surface area contributed by atoms with Crippen molar-refractivity contribution >= 4 is 17.6 Å². The number of rotatable bonds is 7. The minimum Gasteiger partial charge on any atom is -0.455 e. The Morgan fingerprint density at radius 3 is 2.27 bits per heavy atom. The first-order valence-electron chi connectivity index (χ1n) is 6.74. The lowest BCUT2D eigenvalue weighted by molar-refractivity contribution is -0.150. The lowest BCUT2D eigenvalue weighted by Crippen LogP contribution is -2.43. The molecule has 0 aliphatic carbocycles. The molecule has 1 aromatic rings. The van der Waals surface area contributed by atoms with Crippen molar-refractivity contribution in [2.24, 2.45) is 0 Å². The molecule has 0 saturated heterocycles. The lowest BCUT2D eigenvalue weighted by atomic mass is 10.0. The first-order chi connectivity index (χ1) is 10.4. The van der Waals surface area contributed by atoms with Gasteiger partial charge in [0.05, 0.1) is 18.3 Å². The molecule has 0 bridgehead atoms. The van der Waals surface area contributed by atoms with Crippen molar-refractivity contribution < 1.29 is 29.8 Å². The van der Waals surface area contributed by atoms with Crippen LogP contribution in [0.5, 0.6) is 0 Å². The van der Waals surface area contributed by atoms with Crippen LogP contribution < -0.4 is 10.5 Å². The van der Waals surface area contributed by atoms with Gasteiger partial charge >= 0.3 is 5.97 Å². The van der Waals surface area contributed by atoms with Gasteiger partial charge in [0.15, 0.2) is 0 Å². The zero-order chi connectivity index (χ0) is 16.7. The van der Waals surface area contributed by atoms with Gasteiger partial charge in [-0.1, -0.05) is 19.1 Å². The molecule has 1 rings (SSSR count). The van der Waals surface area contributed by atoms with Crippen LogP contribution in [0.4, 0.5) is 5.69 Å². The number of hydrogen-bond acceptors (Lipinski definition) is 7. The fourth-order valence-electron chi connectivity index (χ4n) is 1.88. The van der Waals surface area contributed by atoms with E-state index < -0.39 is 24.7 Å². The van der Waals surface area contributed by atoms with Crippen LogP contribution in [0.2, 0.25) is 0 Å². The molecule has 2 atom stereocenters. The van der Waals surface area contributed by atoms with Crippen molar-refractivity contribution in [2.75, 3.05) is 11.8 Å². The molecule has 8 nitrogen and oxygen atoms in total. The number of nitrogens with zero attached hydrogens (tertiary/aromatic N) is 1. The molecule has 122 valence electrons. The summed E-state index contributed by atoms with van der Waals surface area (Å²) >= 11 is 0. The normalized spacial score (nSPS) is 13.1. The summed E-state index contributed by atoms with van der Waals surface area (Å²) in [7, 11) is 0. The molecule has 0 fully saturated rings. The summed E-state index contributed by atoms with van der Waals surface area (Å²) in [5.74, 6) is -0.853. The molecule has 0 spiro atoms. The SMILES string of the molecule is CCC(=O)NC(CO)C(OC(C)=O)c1ccc(N(O)O)cc1. The molecule has 0 aromatic heterocycles. The maximum atomic E-state index is 11.5. The third kappa shape index (κ3) is 4.99. The molecule has 1 amide bonds. The van der Waals surface area contributed by atoms with Crippen molar-refractivity contribution in [3.05, 3.63) is 29.8 Å². The van der Waals surface area contributed by atoms with E-state index in [0.717, 1.165) is 0 Å². The van der Waals surface area contributed by atoms with E-state index >= 15 is 0 Å². The Morgan fingerprint density at radius 2 is 1.86 bits per heavy atom. The van der Waals surface area contributed by atoms with E-state index in [1.165, 1.54) is 31.2 Å². The van der Waals surface area contributed by atoms with Crippen molar-refractivity contribution in [3.63, 3.8) is 0 Å². The summed E-state index contributed by atoms with van der Waals surface area (Å²) in [6, 6.07) is 4.98. The quantitative estimate of drug-likeness (QED) is 0.433. The Balaban J connectivity index is 3.04. The van der Waals surface area contributed by atoms with Crippen molar-refractivity contribution in [2.45, 2.75) is 32.4 Å². The molecule has 0 aliphatic heterocycles. The summed E-state index contributed by atoms with van der Waals surface area (Å²) in [6.45, 7) is 2.47. The summed E-state index contributed by atoms with van der Waals surface area (Å²) in [4.78, 5) is 22.8. The number of amides is 1. The van der Waals surface area contributed by atoms with E-state index in [0.29, 0.717) is 5.56 Å². The van der Waals surface area contributed by atoms with Crippen LogP contribution in [0.1, 0.15) is 31.9 Å². The molecule has 1 aromatic carbocycles. The fraction of sp³-hybridized carbons (Fsp3) is 0.429. The number of aliphatic hydroxyl groups is 1. The topological polar surface area (TPSA) is 119 Å².